The zero-order chi connectivity index (χ0) is 41.6. The number of oxazole rings is 2. The molecule has 0 radical (unpaired) electrons. The van der Waals surface area contributed by atoms with Crippen molar-refractivity contribution >= 4 is 34.5 Å². The van der Waals surface area contributed by atoms with Crippen LogP contribution in [0.25, 0.3) is 28.2 Å². The van der Waals surface area contributed by atoms with Crippen LogP contribution < -0.4 is 21.7 Å². The molecule has 1 aliphatic heterocycles. The standard InChI is InChI=1S/C43H44F2N8O7/c44-39(45)37-32(48-40(55)33-25-59-42(49-33)29-17-19-47-30(22-29)12-9-26-7-8-26)24-52(51-37)31-13-10-27(11-14-31)23-46-18-3-21-58-20-2-5-28-4-1-6-34-38(28)60-43(57)53(34)35-15-16-36(54)50-41(35)56/h1,4,6,10-11,13-14,17,19,22,24-26,35,39,46H,2-3,5,7-9,12,15-16,18,20-21,23H2,(H,48,55)(H,50,54,56). The number of aromatic nitrogens is 5. The monoisotopic (exact) mass is 822 g/mol. The minimum absolute atomic E-state index is 0.0541. The first-order valence-corrected chi connectivity index (χ1v) is 20.1. The molecule has 312 valence electrons. The van der Waals surface area contributed by atoms with E-state index < -0.39 is 35.7 Å². The topological polar surface area (TPSA) is 188 Å². The van der Waals surface area contributed by atoms with Gasteiger partial charge >= 0.3 is 5.76 Å². The Labute approximate surface area is 342 Å². The highest BCUT2D eigenvalue weighted by Crippen LogP contribution is 2.34. The second kappa shape index (κ2) is 18.3. The van der Waals surface area contributed by atoms with Crippen molar-refractivity contribution in [3.63, 3.8) is 0 Å². The Bertz CT molecular complexity index is 2540. The third-order valence-corrected chi connectivity index (χ3v) is 10.7. The van der Waals surface area contributed by atoms with Crippen molar-refractivity contribution in [1.82, 2.24) is 34.9 Å². The van der Waals surface area contributed by atoms with Gasteiger partial charge in [-0.2, -0.15) is 5.10 Å². The van der Waals surface area contributed by atoms with Crippen molar-refractivity contribution < 1.29 is 36.7 Å². The van der Waals surface area contributed by atoms with Gasteiger partial charge in [0.1, 0.15) is 12.3 Å². The fourth-order valence-electron chi connectivity index (χ4n) is 7.28. The molecule has 0 spiro atoms. The number of rotatable bonds is 19. The molecule has 2 aliphatic rings. The largest absolute Gasteiger partial charge is 0.444 e. The van der Waals surface area contributed by atoms with Crippen LogP contribution in [0.5, 0.6) is 0 Å². The van der Waals surface area contributed by atoms with Gasteiger partial charge in [0.25, 0.3) is 12.3 Å². The number of para-hydroxylation sites is 1. The summed E-state index contributed by atoms with van der Waals surface area (Å²) in [5, 5.41) is 12.2. The smallest absolute Gasteiger partial charge is 0.420 e. The lowest BCUT2D eigenvalue weighted by atomic mass is 10.0. The van der Waals surface area contributed by atoms with Crippen molar-refractivity contribution in [3.8, 4) is 17.1 Å². The molecule has 2 aromatic carbocycles. The first-order valence-electron chi connectivity index (χ1n) is 20.1. The number of ether oxygens (including phenoxy) is 1. The fourth-order valence-corrected chi connectivity index (χ4v) is 7.28. The van der Waals surface area contributed by atoms with Crippen LogP contribution in [0.15, 0.2) is 86.9 Å². The molecule has 1 aliphatic carbocycles. The minimum atomic E-state index is -2.93. The van der Waals surface area contributed by atoms with Gasteiger partial charge in [0.05, 0.1) is 23.1 Å². The van der Waals surface area contributed by atoms with E-state index in [0.29, 0.717) is 61.5 Å². The highest BCUT2D eigenvalue weighted by molar-refractivity contribution is 6.03. The lowest BCUT2D eigenvalue weighted by molar-refractivity contribution is -0.135. The summed E-state index contributed by atoms with van der Waals surface area (Å²) in [5.74, 6) is -1.18. The molecular weight excluding hydrogens is 779 g/mol. The molecule has 17 heteroatoms. The second-order valence-corrected chi connectivity index (χ2v) is 15.1. The number of alkyl halides is 2. The molecule has 8 rings (SSSR count). The van der Waals surface area contributed by atoms with Crippen LogP contribution in [-0.2, 0) is 33.7 Å². The van der Waals surface area contributed by atoms with E-state index in [2.05, 4.69) is 31.0 Å². The molecule has 1 atom stereocenters. The van der Waals surface area contributed by atoms with E-state index in [1.807, 2.05) is 30.3 Å². The number of nitrogens with one attached hydrogen (secondary N) is 3. The van der Waals surface area contributed by atoms with Crippen molar-refractivity contribution in [1.29, 1.82) is 0 Å². The maximum Gasteiger partial charge on any atom is 0.420 e. The molecule has 60 heavy (non-hydrogen) atoms. The highest BCUT2D eigenvalue weighted by Gasteiger charge is 2.32. The summed E-state index contributed by atoms with van der Waals surface area (Å²) < 4.78 is 47.6. The first-order chi connectivity index (χ1) is 29.2. The van der Waals surface area contributed by atoms with Gasteiger partial charge in [0.2, 0.25) is 17.7 Å². The molecule has 0 bridgehead atoms. The summed E-state index contributed by atoms with van der Waals surface area (Å²) in [6.07, 6.45) is 8.25. The van der Waals surface area contributed by atoms with E-state index in [1.54, 1.807) is 30.5 Å². The van der Waals surface area contributed by atoms with Crippen LogP contribution >= 0.6 is 0 Å². The Balaban J connectivity index is 0.767. The maximum atomic E-state index is 14.0. The quantitative estimate of drug-likeness (QED) is 0.0600. The third-order valence-electron chi connectivity index (χ3n) is 10.7. The fraction of sp³-hybridized carbons (Fsp3) is 0.372. The maximum absolute atomic E-state index is 14.0. The van der Waals surface area contributed by atoms with Crippen molar-refractivity contribution in [2.75, 3.05) is 25.1 Å². The Kier molecular flexibility index (Phi) is 12.3. The number of fused-ring (bicyclic) bond motifs is 1. The number of pyridine rings is 1. The van der Waals surface area contributed by atoms with Crippen LogP contribution in [0.1, 0.15) is 90.4 Å². The summed E-state index contributed by atoms with van der Waals surface area (Å²) in [4.78, 5) is 58.5. The third kappa shape index (κ3) is 9.58. The van der Waals surface area contributed by atoms with Gasteiger partial charge in [-0.3, -0.25) is 29.3 Å². The Morgan fingerprint density at radius 2 is 1.85 bits per heavy atom. The summed E-state index contributed by atoms with van der Waals surface area (Å²) in [6.45, 7) is 2.34. The van der Waals surface area contributed by atoms with E-state index >= 15 is 0 Å². The van der Waals surface area contributed by atoms with Gasteiger partial charge in [0, 0.05) is 43.6 Å². The van der Waals surface area contributed by atoms with Crippen molar-refractivity contribution in [2.24, 2.45) is 5.92 Å². The average molecular weight is 823 g/mol. The number of piperidine rings is 1. The van der Waals surface area contributed by atoms with E-state index in [1.165, 1.54) is 34.6 Å². The second-order valence-electron chi connectivity index (χ2n) is 15.1. The van der Waals surface area contributed by atoms with Crippen molar-refractivity contribution in [3.05, 3.63) is 112 Å². The predicted octanol–water partition coefficient (Wildman–Crippen LogP) is 6.47. The summed E-state index contributed by atoms with van der Waals surface area (Å²) in [7, 11) is 0. The molecule has 4 aromatic heterocycles. The van der Waals surface area contributed by atoms with E-state index in [9.17, 15) is 28.0 Å². The molecule has 15 nitrogen and oxygen atoms in total. The van der Waals surface area contributed by atoms with Crippen LogP contribution in [0, 0.1) is 5.92 Å². The normalized spacial score (nSPS) is 15.6. The predicted molar refractivity (Wildman–Crippen MR) is 215 cm³/mol. The molecular formula is C43H44F2N8O7. The van der Waals surface area contributed by atoms with E-state index in [0.717, 1.165) is 42.0 Å². The zero-order valence-corrected chi connectivity index (χ0v) is 32.7. The van der Waals surface area contributed by atoms with Crippen LogP contribution in [0.4, 0.5) is 14.5 Å². The van der Waals surface area contributed by atoms with E-state index in [-0.39, 0.29) is 36.0 Å². The Hall–Kier alpha value is -6.33. The first kappa shape index (κ1) is 40.4. The number of amides is 3. The van der Waals surface area contributed by atoms with Crippen LogP contribution in [0.3, 0.4) is 0 Å². The molecule has 1 saturated heterocycles. The zero-order valence-electron chi connectivity index (χ0n) is 32.7. The van der Waals surface area contributed by atoms with Gasteiger partial charge < -0.3 is 24.2 Å². The number of imide groups is 1. The van der Waals surface area contributed by atoms with Gasteiger partial charge in [-0.15, -0.1) is 0 Å². The Morgan fingerprint density at radius 1 is 1.02 bits per heavy atom. The molecule has 1 saturated carbocycles. The number of hydrogen-bond acceptors (Lipinski definition) is 11. The number of hydrogen-bond donors (Lipinski definition) is 3. The number of halogens is 2. The summed E-state index contributed by atoms with van der Waals surface area (Å²) >= 11 is 0. The number of benzene rings is 2. The minimum Gasteiger partial charge on any atom is -0.444 e. The number of aryl methyl sites for hydroxylation is 2. The van der Waals surface area contributed by atoms with Crippen LogP contribution in [0.2, 0.25) is 0 Å². The molecule has 2 fully saturated rings. The van der Waals surface area contributed by atoms with E-state index in [4.69, 9.17) is 13.6 Å². The van der Waals surface area contributed by atoms with Crippen molar-refractivity contribution in [2.45, 2.75) is 76.8 Å². The number of anilines is 1. The molecule has 6 aromatic rings. The lowest BCUT2D eigenvalue weighted by Crippen LogP contribution is -2.43. The molecule has 5 heterocycles. The van der Waals surface area contributed by atoms with Crippen LogP contribution in [-0.4, -0.2) is 61.8 Å². The van der Waals surface area contributed by atoms with Gasteiger partial charge in [-0.25, -0.2) is 23.2 Å². The van der Waals surface area contributed by atoms with Gasteiger partial charge in [-0.05, 0) is 92.4 Å². The lowest BCUT2D eigenvalue weighted by Gasteiger charge is -2.21. The Morgan fingerprint density at radius 3 is 2.65 bits per heavy atom. The number of carbonyl (C=O) groups is 3. The highest BCUT2D eigenvalue weighted by atomic mass is 19.3. The average Bonchev–Trinajstić information content (AvgIpc) is 3.59. The molecule has 3 amide bonds. The SMILES string of the molecule is O=C1CCC(n2c(=O)oc3c(CCCOCCCNCc4ccc(-n5cc(NC(=O)c6coc(-c7ccnc(CCC8CC8)c7)n6)c(C(F)F)n5)cc4)cccc32)C(=O)N1. The molecule has 1 unspecified atom stereocenters. The number of nitrogens with zero attached hydrogens (tertiary/aromatic N) is 5. The molecule has 3 N–H and O–H groups in total. The summed E-state index contributed by atoms with van der Waals surface area (Å²) in [5.41, 5.74) is 4.17. The number of carbonyl (C=O) groups excluding carboxylic acids is 3. The van der Waals surface area contributed by atoms with Gasteiger partial charge in [-0.1, -0.05) is 37.1 Å². The summed E-state index contributed by atoms with van der Waals surface area (Å²) in [6, 6.07) is 15.6. The van der Waals surface area contributed by atoms with Gasteiger partial charge in [0.15, 0.2) is 17.0 Å².